The quantitative estimate of drug-likeness (QED) is 0.485. The first-order chi connectivity index (χ1) is 16.1. The Kier molecular flexibility index (Phi) is 5.66. The zero-order valence-corrected chi connectivity index (χ0v) is 19.2. The molecule has 5 rings (SSSR count). The largest absolute Gasteiger partial charge is 0.353 e. The molecule has 0 bridgehead atoms. The third-order valence-electron chi connectivity index (χ3n) is 5.72. The van der Waals surface area contributed by atoms with Crippen LogP contribution in [0.1, 0.15) is 17.5 Å². The van der Waals surface area contributed by atoms with Crippen molar-refractivity contribution in [2.75, 3.05) is 43.0 Å². The van der Waals surface area contributed by atoms with Gasteiger partial charge >= 0.3 is 0 Å². The van der Waals surface area contributed by atoms with E-state index in [0.29, 0.717) is 21.3 Å². The van der Waals surface area contributed by atoms with Crippen molar-refractivity contribution in [1.29, 1.82) is 5.26 Å². The Balaban J connectivity index is 1.58. The molecular weight excluding hydrogens is 439 g/mol. The van der Waals surface area contributed by atoms with Gasteiger partial charge in [0.05, 0.1) is 5.69 Å². The van der Waals surface area contributed by atoms with Gasteiger partial charge in [0.15, 0.2) is 16.6 Å². The number of aryl methyl sites for hydroxylation is 1. The maximum atomic E-state index is 13.4. The Morgan fingerprint density at radius 2 is 1.91 bits per heavy atom. The highest BCUT2D eigenvalue weighted by atomic mass is 32.1. The van der Waals surface area contributed by atoms with Gasteiger partial charge in [0, 0.05) is 38.8 Å². The van der Waals surface area contributed by atoms with Gasteiger partial charge < -0.3 is 15.1 Å². The second-order valence-electron chi connectivity index (χ2n) is 7.79. The molecule has 0 radical (unpaired) electrons. The molecule has 3 aromatic heterocycles. The number of imidazole rings is 1. The number of hydrogen-bond donors (Lipinski definition) is 1. The van der Waals surface area contributed by atoms with Crippen LogP contribution >= 0.6 is 11.3 Å². The first-order valence-corrected chi connectivity index (χ1v) is 11.7. The average molecular weight is 463 g/mol. The lowest BCUT2D eigenvalue weighted by atomic mass is 10.1. The van der Waals surface area contributed by atoms with Gasteiger partial charge in [-0.1, -0.05) is 18.3 Å². The predicted molar refractivity (Wildman–Crippen MR) is 128 cm³/mol. The molecular formula is C23H23FN8S. The Morgan fingerprint density at radius 3 is 2.61 bits per heavy atom. The van der Waals surface area contributed by atoms with Crippen molar-refractivity contribution in [3.8, 4) is 17.3 Å². The standard InChI is InChI=1S/C23H23FN8S/c1-3-17-22(32-19(27-17)8-9-20(29-32)31-12-10-26-11-13-31)30(2)23-28-21(18(14-25)33-23)15-4-6-16(24)7-5-15/h4-9,26H,3,10-13H2,1-2H3. The van der Waals surface area contributed by atoms with Crippen LogP contribution < -0.4 is 15.1 Å². The van der Waals surface area contributed by atoms with Crippen LogP contribution in [0.3, 0.4) is 0 Å². The molecule has 0 aliphatic carbocycles. The fourth-order valence-electron chi connectivity index (χ4n) is 4.02. The summed E-state index contributed by atoms with van der Waals surface area (Å²) in [6.07, 6.45) is 0.729. The smallest absolute Gasteiger partial charge is 0.192 e. The normalized spacial score (nSPS) is 13.9. The monoisotopic (exact) mass is 462 g/mol. The minimum atomic E-state index is -0.325. The number of halogens is 1. The number of hydrogen-bond acceptors (Lipinski definition) is 8. The van der Waals surface area contributed by atoms with Gasteiger partial charge in [0.1, 0.15) is 28.3 Å². The highest BCUT2D eigenvalue weighted by molar-refractivity contribution is 7.16. The molecule has 0 atom stereocenters. The molecule has 33 heavy (non-hydrogen) atoms. The predicted octanol–water partition coefficient (Wildman–Crippen LogP) is 3.60. The molecule has 4 heterocycles. The Labute approximate surface area is 194 Å². The van der Waals surface area contributed by atoms with E-state index in [0.717, 1.165) is 55.6 Å². The molecule has 4 aromatic rings. The van der Waals surface area contributed by atoms with Crippen LogP contribution in [0.25, 0.3) is 16.9 Å². The van der Waals surface area contributed by atoms with Crippen molar-refractivity contribution in [3.63, 3.8) is 0 Å². The summed E-state index contributed by atoms with van der Waals surface area (Å²) in [5.41, 5.74) is 2.92. The summed E-state index contributed by atoms with van der Waals surface area (Å²) >= 11 is 1.30. The van der Waals surface area contributed by atoms with E-state index in [-0.39, 0.29) is 5.82 Å². The lowest BCUT2D eigenvalue weighted by Crippen LogP contribution is -2.44. The van der Waals surface area contributed by atoms with Crippen molar-refractivity contribution in [2.24, 2.45) is 0 Å². The van der Waals surface area contributed by atoms with Crippen LogP contribution in [0, 0.1) is 17.1 Å². The van der Waals surface area contributed by atoms with Gasteiger partial charge in [-0.2, -0.15) is 9.78 Å². The second-order valence-corrected chi connectivity index (χ2v) is 8.76. The molecule has 10 heteroatoms. The minimum absolute atomic E-state index is 0.325. The first kappa shape index (κ1) is 21.3. The Bertz CT molecular complexity index is 1330. The van der Waals surface area contributed by atoms with Gasteiger partial charge in [-0.3, -0.25) is 0 Å². The molecule has 1 saturated heterocycles. The van der Waals surface area contributed by atoms with E-state index in [9.17, 15) is 9.65 Å². The number of thiazole rings is 1. The fraction of sp³-hybridized carbons (Fsp3) is 0.304. The van der Waals surface area contributed by atoms with Gasteiger partial charge in [-0.15, -0.1) is 5.10 Å². The number of fused-ring (bicyclic) bond motifs is 1. The van der Waals surface area contributed by atoms with Crippen molar-refractivity contribution in [3.05, 3.63) is 52.8 Å². The number of nitriles is 1. The number of piperazine rings is 1. The first-order valence-electron chi connectivity index (χ1n) is 10.8. The maximum Gasteiger partial charge on any atom is 0.192 e. The zero-order valence-electron chi connectivity index (χ0n) is 18.4. The summed E-state index contributed by atoms with van der Waals surface area (Å²) in [7, 11) is 1.91. The van der Waals surface area contributed by atoms with Crippen LogP contribution in [0.15, 0.2) is 36.4 Å². The van der Waals surface area contributed by atoms with E-state index in [1.807, 2.05) is 28.6 Å². The van der Waals surface area contributed by atoms with E-state index in [1.54, 1.807) is 12.1 Å². The molecule has 1 aliphatic heterocycles. The van der Waals surface area contributed by atoms with E-state index < -0.39 is 0 Å². The maximum absolute atomic E-state index is 13.4. The van der Waals surface area contributed by atoms with Gasteiger partial charge in [-0.25, -0.2) is 14.4 Å². The molecule has 0 unspecified atom stereocenters. The van der Waals surface area contributed by atoms with E-state index >= 15 is 0 Å². The third kappa shape index (κ3) is 3.90. The summed E-state index contributed by atoms with van der Waals surface area (Å²) in [4.78, 5) is 14.2. The molecule has 8 nitrogen and oxygen atoms in total. The Morgan fingerprint density at radius 1 is 1.15 bits per heavy atom. The van der Waals surface area contributed by atoms with Crippen LogP contribution in [0.5, 0.6) is 0 Å². The van der Waals surface area contributed by atoms with Gasteiger partial charge in [0.25, 0.3) is 0 Å². The lowest BCUT2D eigenvalue weighted by Gasteiger charge is -2.28. The molecule has 1 N–H and O–H groups in total. The van der Waals surface area contributed by atoms with Crippen LogP contribution in [-0.2, 0) is 6.42 Å². The van der Waals surface area contributed by atoms with Crippen LogP contribution in [0.4, 0.5) is 21.2 Å². The topological polar surface area (TPSA) is 85.4 Å². The number of anilines is 3. The van der Waals surface area contributed by atoms with Crippen molar-refractivity contribution in [1.82, 2.24) is 24.9 Å². The molecule has 0 spiro atoms. The average Bonchev–Trinajstić information content (AvgIpc) is 3.46. The van der Waals surface area contributed by atoms with Crippen molar-refractivity contribution < 1.29 is 4.39 Å². The molecule has 1 aromatic carbocycles. The lowest BCUT2D eigenvalue weighted by molar-refractivity contribution is 0.581. The summed E-state index contributed by atoms with van der Waals surface area (Å²) in [6, 6.07) is 12.3. The van der Waals surface area contributed by atoms with Gasteiger partial charge in [0.2, 0.25) is 0 Å². The highest BCUT2D eigenvalue weighted by Crippen LogP contribution is 2.36. The molecule has 0 amide bonds. The number of benzene rings is 1. The number of rotatable bonds is 5. The summed E-state index contributed by atoms with van der Waals surface area (Å²) in [5.74, 6) is 1.41. The summed E-state index contributed by atoms with van der Waals surface area (Å²) in [6.45, 7) is 5.72. The van der Waals surface area contributed by atoms with Crippen LogP contribution in [0.2, 0.25) is 0 Å². The molecule has 0 saturated carbocycles. The Hall–Kier alpha value is -3.55. The highest BCUT2D eigenvalue weighted by Gasteiger charge is 2.23. The summed E-state index contributed by atoms with van der Waals surface area (Å²) in [5, 5.41) is 18.6. The molecule has 1 fully saturated rings. The van der Waals surface area contributed by atoms with E-state index in [1.165, 1.54) is 23.5 Å². The van der Waals surface area contributed by atoms with Crippen LogP contribution in [-0.4, -0.2) is 52.8 Å². The number of nitrogens with zero attached hydrogens (tertiary/aromatic N) is 7. The second kappa shape index (κ2) is 8.77. The summed E-state index contributed by atoms with van der Waals surface area (Å²) < 4.78 is 15.3. The molecule has 168 valence electrons. The number of aromatic nitrogens is 4. The third-order valence-corrected chi connectivity index (χ3v) is 6.76. The van der Waals surface area contributed by atoms with Crippen molar-refractivity contribution in [2.45, 2.75) is 13.3 Å². The van der Waals surface area contributed by atoms with Gasteiger partial charge in [-0.05, 0) is 42.8 Å². The van der Waals surface area contributed by atoms with E-state index in [4.69, 9.17) is 15.1 Å². The number of nitrogens with one attached hydrogen (secondary N) is 1. The minimum Gasteiger partial charge on any atom is -0.353 e. The zero-order chi connectivity index (χ0) is 22.9. The fourth-order valence-corrected chi connectivity index (χ4v) is 4.86. The SMILES string of the molecule is CCc1nc2ccc(N3CCNCC3)nn2c1N(C)c1nc(-c2ccc(F)cc2)c(C#N)s1. The van der Waals surface area contributed by atoms with Crippen molar-refractivity contribution >= 4 is 33.8 Å². The molecule has 1 aliphatic rings. The van der Waals surface area contributed by atoms with E-state index in [2.05, 4.69) is 23.2 Å².